The molecule has 0 saturated heterocycles. The van der Waals surface area contributed by atoms with E-state index in [0.29, 0.717) is 23.1 Å². The number of nitrogens with zero attached hydrogens (tertiary/aromatic N) is 1. The number of carbonyl (C=O) groups is 1. The number of hydrogen-bond donors (Lipinski definition) is 1. The number of aromatic nitrogens is 1. The Bertz CT molecular complexity index is 891. The first-order valence-electron chi connectivity index (χ1n) is 7.78. The number of rotatable bonds is 5. The van der Waals surface area contributed by atoms with Crippen LogP contribution in [0.1, 0.15) is 17.9 Å². The highest BCUT2D eigenvalue weighted by atomic mass is 35.5. The number of aryl methyl sites for hydroxylation is 2. The Morgan fingerprint density at radius 3 is 2.72 bits per heavy atom. The van der Waals surface area contributed by atoms with Gasteiger partial charge in [-0.05, 0) is 55.0 Å². The Balaban J connectivity index is 1.58. The first-order valence-corrected chi connectivity index (χ1v) is 8.16. The molecule has 6 heteroatoms. The van der Waals surface area contributed by atoms with Crippen LogP contribution in [0, 0.1) is 12.7 Å². The molecule has 0 radical (unpaired) electrons. The number of anilines is 1. The number of halogens is 2. The predicted octanol–water partition coefficient (Wildman–Crippen LogP) is 5.01. The summed E-state index contributed by atoms with van der Waals surface area (Å²) in [5.74, 6) is 0.566. The molecule has 1 aromatic heterocycles. The molecule has 0 saturated carbocycles. The normalized spacial score (nSPS) is 10.7. The zero-order chi connectivity index (χ0) is 17.8. The number of oxazole rings is 1. The molecule has 3 aromatic rings. The molecule has 0 aliphatic carbocycles. The molecule has 3 rings (SSSR count). The minimum Gasteiger partial charge on any atom is -0.441 e. The van der Waals surface area contributed by atoms with Crippen molar-refractivity contribution in [1.29, 1.82) is 0 Å². The van der Waals surface area contributed by atoms with E-state index in [2.05, 4.69) is 10.3 Å². The van der Waals surface area contributed by atoms with Gasteiger partial charge in [0.05, 0.1) is 6.20 Å². The molecule has 0 spiro atoms. The van der Waals surface area contributed by atoms with Crippen LogP contribution in [0.4, 0.5) is 10.1 Å². The second kappa shape index (κ2) is 7.49. The van der Waals surface area contributed by atoms with E-state index in [1.807, 2.05) is 6.92 Å². The van der Waals surface area contributed by atoms with Gasteiger partial charge < -0.3 is 9.73 Å². The van der Waals surface area contributed by atoms with E-state index >= 15 is 0 Å². The van der Waals surface area contributed by atoms with Crippen LogP contribution in [0.5, 0.6) is 0 Å². The zero-order valence-electron chi connectivity index (χ0n) is 13.6. The summed E-state index contributed by atoms with van der Waals surface area (Å²) in [6.45, 7) is 1.88. The number of carbonyl (C=O) groups excluding carboxylic acids is 1. The third-order valence-corrected chi connectivity index (χ3v) is 3.95. The van der Waals surface area contributed by atoms with Crippen molar-refractivity contribution in [3.05, 3.63) is 71.0 Å². The third kappa shape index (κ3) is 4.45. The van der Waals surface area contributed by atoms with Gasteiger partial charge in [0.1, 0.15) is 5.82 Å². The highest BCUT2D eigenvalue weighted by molar-refractivity contribution is 6.30. The lowest BCUT2D eigenvalue weighted by Gasteiger charge is -2.08. The second-order valence-corrected chi connectivity index (χ2v) is 6.07. The van der Waals surface area contributed by atoms with Crippen molar-refractivity contribution in [2.75, 3.05) is 5.32 Å². The predicted molar refractivity (Wildman–Crippen MR) is 95.0 cm³/mol. The molecule has 2 aromatic carbocycles. The van der Waals surface area contributed by atoms with Crippen LogP contribution in [-0.2, 0) is 11.2 Å². The molecule has 0 aliphatic heterocycles. The number of nitrogens with one attached hydrogen (secondary N) is 1. The fourth-order valence-electron chi connectivity index (χ4n) is 2.37. The molecule has 4 nitrogen and oxygen atoms in total. The maximum Gasteiger partial charge on any atom is 0.224 e. The van der Waals surface area contributed by atoms with Crippen LogP contribution in [-0.4, -0.2) is 10.9 Å². The highest BCUT2D eigenvalue weighted by Gasteiger charge is 2.10. The standard InChI is InChI=1S/C19H16ClFN2O2/c1-12-10-14(20)4-7-16(12)23-18(24)8-9-19-22-11-17(25-19)13-2-5-15(21)6-3-13/h2-7,10-11H,8-9H2,1H3,(H,23,24). The van der Waals surface area contributed by atoms with Crippen LogP contribution < -0.4 is 5.32 Å². The highest BCUT2D eigenvalue weighted by Crippen LogP contribution is 2.22. The first kappa shape index (κ1) is 17.2. The summed E-state index contributed by atoms with van der Waals surface area (Å²) in [4.78, 5) is 16.2. The van der Waals surface area contributed by atoms with Gasteiger partial charge in [-0.1, -0.05) is 11.6 Å². The fourth-order valence-corrected chi connectivity index (χ4v) is 2.60. The summed E-state index contributed by atoms with van der Waals surface area (Å²) in [6, 6.07) is 11.3. The van der Waals surface area contributed by atoms with Crippen molar-refractivity contribution in [3.63, 3.8) is 0 Å². The van der Waals surface area contributed by atoms with Gasteiger partial charge >= 0.3 is 0 Å². The van der Waals surface area contributed by atoms with Crippen molar-refractivity contribution < 1.29 is 13.6 Å². The molecule has 128 valence electrons. The lowest BCUT2D eigenvalue weighted by molar-refractivity contribution is -0.116. The molecule has 1 amide bonds. The average Bonchev–Trinajstić information content (AvgIpc) is 3.05. The van der Waals surface area contributed by atoms with Gasteiger partial charge in [0.25, 0.3) is 0 Å². The van der Waals surface area contributed by atoms with Crippen molar-refractivity contribution in [3.8, 4) is 11.3 Å². The summed E-state index contributed by atoms with van der Waals surface area (Å²) in [6.07, 6.45) is 2.19. The van der Waals surface area contributed by atoms with Crippen molar-refractivity contribution in [2.45, 2.75) is 19.8 Å². The molecule has 1 heterocycles. The van der Waals surface area contributed by atoms with E-state index in [1.165, 1.54) is 12.1 Å². The summed E-state index contributed by atoms with van der Waals surface area (Å²) in [7, 11) is 0. The van der Waals surface area contributed by atoms with Crippen molar-refractivity contribution >= 4 is 23.2 Å². The van der Waals surface area contributed by atoms with Crippen molar-refractivity contribution in [2.24, 2.45) is 0 Å². The zero-order valence-corrected chi connectivity index (χ0v) is 14.3. The number of amides is 1. The van der Waals surface area contributed by atoms with E-state index in [9.17, 15) is 9.18 Å². The van der Waals surface area contributed by atoms with E-state index in [0.717, 1.165) is 16.8 Å². The Morgan fingerprint density at radius 2 is 2.00 bits per heavy atom. The number of benzene rings is 2. The Morgan fingerprint density at radius 1 is 1.24 bits per heavy atom. The summed E-state index contributed by atoms with van der Waals surface area (Å²) < 4.78 is 18.6. The van der Waals surface area contributed by atoms with Gasteiger partial charge in [0.2, 0.25) is 5.91 Å². The molecule has 0 aliphatic rings. The quantitative estimate of drug-likeness (QED) is 0.697. The maximum absolute atomic E-state index is 12.9. The SMILES string of the molecule is Cc1cc(Cl)ccc1NC(=O)CCc1ncc(-c2ccc(F)cc2)o1. The van der Waals surface area contributed by atoms with Gasteiger partial charge in [-0.3, -0.25) is 4.79 Å². The van der Waals surface area contributed by atoms with E-state index in [4.69, 9.17) is 16.0 Å². The van der Waals surface area contributed by atoms with Crippen LogP contribution in [0.25, 0.3) is 11.3 Å². The molecule has 0 atom stereocenters. The van der Waals surface area contributed by atoms with Crippen molar-refractivity contribution in [1.82, 2.24) is 4.98 Å². The van der Waals surface area contributed by atoms with E-state index < -0.39 is 0 Å². The van der Waals surface area contributed by atoms with Crippen LogP contribution in [0.15, 0.2) is 53.1 Å². The lowest BCUT2D eigenvalue weighted by Crippen LogP contribution is -2.13. The molecular formula is C19H16ClFN2O2. The summed E-state index contributed by atoms with van der Waals surface area (Å²) in [5, 5.41) is 3.47. The Labute approximate surface area is 149 Å². The second-order valence-electron chi connectivity index (χ2n) is 5.63. The van der Waals surface area contributed by atoms with Gasteiger partial charge in [-0.25, -0.2) is 9.37 Å². The molecule has 25 heavy (non-hydrogen) atoms. The Kier molecular flexibility index (Phi) is 5.14. The Hall–Kier alpha value is -2.66. The number of hydrogen-bond acceptors (Lipinski definition) is 3. The molecule has 0 fully saturated rings. The smallest absolute Gasteiger partial charge is 0.224 e. The maximum atomic E-state index is 12.9. The van der Waals surface area contributed by atoms with E-state index in [-0.39, 0.29) is 18.1 Å². The largest absolute Gasteiger partial charge is 0.441 e. The third-order valence-electron chi connectivity index (χ3n) is 3.71. The fraction of sp³-hybridized carbons (Fsp3) is 0.158. The summed E-state index contributed by atoms with van der Waals surface area (Å²) in [5.41, 5.74) is 2.37. The van der Waals surface area contributed by atoms with Gasteiger partial charge in [0.15, 0.2) is 11.7 Å². The van der Waals surface area contributed by atoms with Crippen LogP contribution >= 0.6 is 11.6 Å². The minimum absolute atomic E-state index is 0.132. The van der Waals surface area contributed by atoms with Gasteiger partial charge in [-0.15, -0.1) is 0 Å². The van der Waals surface area contributed by atoms with Gasteiger partial charge in [0, 0.05) is 29.1 Å². The first-order chi connectivity index (χ1) is 12.0. The summed E-state index contributed by atoms with van der Waals surface area (Å²) >= 11 is 5.90. The molecule has 0 unspecified atom stereocenters. The lowest BCUT2D eigenvalue weighted by atomic mass is 10.2. The molecular weight excluding hydrogens is 343 g/mol. The minimum atomic E-state index is -0.308. The van der Waals surface area contributed by atoms with E-state index in [1.54, 1.807) is 36.5 Å². The topological polar surface area (TPSA) is 55.1 Å². The molecule has 0 bridgehead atoms. The average molecular weight is 359 g/mol. The van der Waals surface area contributed by atoms with Gasteiger partial charge in [-0.2, -0.15) is 0 Å². The molecule has 1 N–H and O–H groups in total. The monoisotopic (exact) mass is 358 g/mol. The van der Waals surface area contributed by atoms with Crippen LogP contribution in [0.2, 0.25) is 5.02 Å². The van der Waals surface area contributed by atoms with Crippen LogP contribution in [0.3, 0.4) is 0 Å².